The number of nitrogens with two attached hydrogens (primary N) is 1. The predicted octanol–water partition coefficient (Wildman–Crippen LogP) is 2.07. The average Bonchev–Trinajstić information content (AvgIpc) is 2.62. The fourth-order valence-corrected chi connectivity index (χ4v) is 3.88. The molecule has 1 aromatic rings. The van der Waals surface area contributed by atoms with Crippen LogP contribution in [-0.4, -0.2) is 14.5 Å². The number of hydrogen-bond donors (Lipinski definition) is 2. The quantitative estimate of drug-likeness (QED) is 0.839. The summed E-state index contributed by atoms with van der Waals surface area (Å²) in [5.74, 6) is 1.22. The van der Waals surface area contributed by atoms with Crippen LogP contribution >= 0.6 is 0 Å². The zero-order valence-electron chi connectivity index (χ0n) is 12.3. The Hall–Kier alpha value is -0.850. The van der Waals surface area contributed by atoms with Gasteiger partial charge in [-0.15, -0.1) is 0 Å². The van der Waals surface area contributed by atoms with Gasteiger partial charge in [-0.3, -0.25) is 0 Å². The highest BCUT2D eigenvalue weighted by Gasteiger charge is 2.28. The lowest BCUT2D eigenvalue weighted by molar-refractivity contribution is 0.433. The van der Waals surface area contributed by atoms with Crippen molar-refractivity contribution in [3.63, 3.8) is 0 Å². The van der Waals surface area contributed by atoms with Crippen LogP contribution in [0, 0.1) is 19.8 Å². The minimum atomic E-state index is -3.59. The summed E-state index contributed by atoms with van der Waals surface area (Å²) in [5, 5.41) is 0. The highest BCUT2D eigenvalue weighted by atomic mass is 32.2. The van der Waals surface area contributed by atoms with Gasteiger partial charge in [-0.05, 0) is 26.7 Å². The molecule has 110 valence electrons. The molecule has 0 amide bonds. The molecule has 0 bridgehead atoms. The molecule has 0 spiro atoms. The molecule has 2 atom stereocenters. The molecule has 1 rings (SSSR count). The molecule has 6 heteroatoms. The molecule has 1 aromatic heterocycles. The highest BCUT2D eigenvalue weighted by molar-refractivity contribution is 7.89. The van der Waals surface area contributed by atoms with Crippen molar-refractivity contribution in [3.8, 4) is 0 Å². The van der Waals surface area contributed by atoms with E-state index in [9.17, 15) is 8.42 Å². The monoisotopic (exact) mass is 288 g/mol. The van der Waals surface area contributed by atoms with Gasteiger partial charge in [-0.2, -0.15) is 0 Å². The maximum absolute atomic E-state index is 12.5. The first kappa shape index (κ1) is 16.2. The first-order chi connectivity index (χ1) is 8.74. The van der Waals surface area contributed by atoms with Gasteiger partial charge in [0.2, 0.25) is 10.0 Å². The zero-order chi connectivity index (χ0) is 14.8. The van der Waals surface area contributed by atoms with E-state index in [0.29, 0.717) is 17.1 Å². The van der Waals surface area contributed by atoms with E-state index in [1.165, 1.54) is 0 Å². The van der Waals surface area contributed by atoms with Gasteiger partial charge in [0.25, 0.3) is 0 Å². The number of rotatable bonds is 6. The summed E-state index contributed by atoms with van der Waals surface area (Å²) in [6.07, 6.45) is 0.914. The first-order valence-electron chi connectivity index (χ1n) is 6.55. The fraction of sp³-hybridized carbons (Fsp3) is 0.692. The van der Waals surface area contributed by atoms with Gasteiger partial charge in [-0.1, -0.05) is 20.3 Å². The molecule has 3 N–H and O–H groups in total. The molecule has 0 aliphatic carbocycles. The van der Waals surface area contributed by atoms with Crippen molar-refractivity contribution in [2.75, 3.05) is 0 Å². The fourth-order valence-electron chi connectivity index (χ4n) is 2.07. The van der Waals surface area contributed by atoms with Crippen LogP contribution in [0.25, 0.3) is 0 Å². The van der Waals surface area contributed by atoms with Crippen LogP contribution in [0.1, 0.15) is 44.3 Å². The summed E-state index contributed by atoms with van der Waals surface area (Å²) in [6, 6.07) is -0.129. The third kappa shape index (κ3) is 3.38. The summed E-state index contributed by atoms with van der Waals surface area (Å²) in [7, 11) is -3.59. The van der Waals surface area contributed by atoms with Gasteiger partial charge in [0.15, 0.2) is 0 Å². The normalized spacial score (nSPS) is 15.5. The van der Waals surface area contributed by atoms with E-state index >= 15 is 0 Å². The van der Waals surface area contributed by atoms with E-state index in [-0.39, 0.29) is 23.4 Å². The van der Waals surface area contributed by atoms with E-state index < -0.39 is 10.0 Å². The Labute approximate surface area is 115 Å². The molecule has 0 aliphatic heterocycles. The van der Waals surface area contributed by atoms with Gasteiger partial charge in [-0.25, -0.2) is 13.1 Å². The largest absolute Gasteiger partial charge is 0.465 e. The van der Waals surface area contributed by atoms with Crippen molar-refractivity contribution < 1.29 is 12.8 Å². The lowest BCUT2D eigenvalue weighted by atomic mass is 10.0. The molecule has 0 saturated carbocycles. The van der Waals surface area contributed by atoms with Gasteiger partial charge in [0.05, 0.1) is 0 Å². The Morgan fingerprint density at radius 3 is 2.32 bits per heavy atom. The standard InChI is InChI=1S/C13H24N2O3S/c1-6-8(2)9(3)15-19(16,17)13-11(5)18-10(4)12(13)7-14/h8-9,15H,6-7,14H2,1-5H3. The molecule has 1 heterocycles. The number of furan rings is 1. The predicted molar refractivity (Wildman–Crippen MR) is 75.3 cm³/mol. The molecule has 0 saturated heterocycles. The summed E-state index contributed by atoms with van der Waals surface area (Å²) in [4.78, 5) is 0.197. The highest BCUT2D eigenvalue weighted by Crippen LogP contribution is 2.26. The van der Waals surface area contributed by atoms with Crippen molar-refractivity contribution in [2.24, 2.45) is 11.7 Å². The van der Waals surface area contributed by atoms with Gasteiger partial charge in [0, 0.05) is 18.2 Å². The Morgan fingerprint density at radius 1 is 1.26 bits per heavy atom. The number of sulfonamides is 1. The summed E-state index contributed by atoms with van der Waals surface area (Å²) in [5.41, 5.74) is 6.18. The van der Waals surface area contributed by atoms with Crippen LogP contribution in [0.2, 0.25) is 0 Å². The molecule has 0 radical (unpaired) electrons. The van der Waals surface area contributed by atoms with Gasteiger partial charge >= 0.3 is 0 Å². The molecule has 0 aliphatic rings. The third-order valence-electron chi connectivity index (χ3n) is 3.64. The third-order valence-corrected chi connectivity index (χ3v) is 5.39. The maximum atomic E-state index is 12.5. The van der Waals surface area contributed by atoms with Crippen molar-refractivity contribution >= 4 is 10.0 Å². The lowest BCUT2D eigenvalue weighted by Gasteiger charge is -2.20. The van der Waals surface area contributed by atoms with Crippen LogP contribution in [0.4, 0.5) is 0 Å². The Morgan fingerprint density at radius 2 is 1.84 bits per heavy atom. The molecule has 0 aromatic carbocycles. The minimum Gasteiger partial charge on any atom is -0.465 e. The summed E-state index contributed by atoms with van der Waals surface area (Å²) in [6.45, 7) is 9.45. The van der Waals surface area contributed by atoms with Crippen molar-refractivity contribution in [1.82, 2.24) is 4.72 Å². The topological polar surface area (TPSA) is 85.3 Å². The Kier molecular flexibility index (Phi) is 5.18. The van der Waals surface area contributed by atoms with E-state index in [4.69, 9.17) is 10.2 Å². The van der Waals surface area contributed by atoms with Crippen LogP contribution in [0.5, 0.6) is 0 Å². The molecular formula is C13H24N2O3S. The van der Waals surface area contributed by atoms with Crippen molar-refractivity contribution in [1.29, 1.82) is 0 Å². The van der Waals surface area contributed by atoms with E-state index in [1.54, 1.807) is 13.8 Å². The van der Waals surface area contributed by atoms with Crippen LogP contribution in [-0.2, 0) is 16.6 Å². The second kappa shape index (κ2) is 6.07. The Bertz CT molecular complexity index is 534. The number of hydrogen-bond acceptors (Lipinski definition) is 4. The number of aryl methyl sites for hydroxylation is 2. The molecule has 2 unspecified atom stereocenters. The van der Waals surface area contributed by atoms with Crippen LogP contribution in [0.15, 0.2) is 9.31 Å². The summed E-state index contributed by atoms with van der Waals surface area (Å²) < 4.78 is 33.0. The van der Waals surface area contributed by atoms with E-state index in [0.717, 1.165) is 6.42 Å². The van der Waals surface area contributed by atoms with Gasteiger partial charge in [0.1, 0.15) is 16.4 Å². The first-order valence-corrected chi connectivity index (χ1v) is 8.04. The number of nitrogens with one attached hydrogen (secondary N) is 1. The Balaban J connectivity index is 3.14. The van der Waals surface area contributed by atoms with E-state index in [2.05, 4.69) is 4.72 Å². The smallest absolute Gasteiger partial charge is 0.244 e. The maximum Gasteiger partial charge on any atom is 0.244 e. The second-order valence-electron chi connectivity index (χ2n) is 5.02. The van der Waals surface area contributed by atoms with Crippen LogP contribution < -0.4 is 10.5 Å². The second-order valence-corrected chi connectivity index (χ2v) is 6.67. The molecule has 19 heavy (non-hydrogen) atoms. The van der Waals surface area contributed by atoms with E-state index in [1.807, 2.05) is 20.8 Å². The van der Waals surface area contributed by atoms with Crippen LogP contribution in [0.3, 0.4) is 0 Å². The lowest BCUT2D eigenvalue weighted by Crippen LogP contribution is -2.37. The molecule has 5 nitrogen and oxygen atoms in total. The minimum absolute atomic E-state index is 0.129. The average molecular weight is 288 g/mol. The van der Waals surface area contributed by atoms with Crippen molar-refractivity contribution in [2.45, 2.75) is 58.5 Å². The zero-order valence-corrected chi connectivity index (χ0v) is 13.1. The molecular weight excluding hydrogens is 264 g/mol. The van der Waals surface area contributed by atoms with Crippen molar-refractivity contribution in [3.05, 3.63) is 17.1 Å². The SMILES string of the molecule is CCC(C)C(C)NS(=O)(=O)c1c(C)oc(C)c1CN. The van der Waals surface area contributed by atoms with Gasteiger partial charge < -0.3 is 10.2 Å². The summed E-state index contributed by atoms with van der Waals surface area (Å²) >= 11 is 0. The molecule has 0 fully saturated rings.